The first-order valence-corrected chi connectivity index (χ1v) is 7.35. The summed E-state index contributed by atoms with van der Waals surface area (Å²) in [5, 5.41) is 0. The molecule has 116 valence electrons. The molecular formula is C18H21ClN2O. The van der Waals surface area contributed by atoms with Crippen LogP contribution in [-0.4, -0.2) is 16.2 Å². The lowest BCUT2D eigenvalue weighted by molar-refractivity contribution is 0.302. The zero-order valence-electron chi connectivity index (χ0n) is 13.0. The van der Waals surface area contributed by atoms with Crippen LogP contribution in [0, 0.1) is 13.8 Å². The summed E-state index contributed by atoms with van der Waals surface area (Å²) in [6.45, 7) is 5.78. The highest BCUT2D eigenvalue weighted by Gasteiger charge is 2.05. The topological polar surface area (TPSA) is 27.1 Å². The second-order valence-corrected chi connectivity index (χ2v) is 5.32. The van der Waals surface area contributed by atoms with Gasteiger partial charge in [0.2, 0.25) is 0 Å². The van der Waals surface area contributed by atoms with Gasteiger partial charge in [0, 0.05) is 6.54 Å². The lowest BCUT2D eigenvalue weighted by atomic mass is 10.2. The molecule has 0 unspecified atom stereocenters. The number of imidazole rings is 1. The molecule has 1 aromatic heterocycles. The highest BCUT2D eigenvalue weighted by Crippen LogP contribution is 2.16. The van der Waals surface area contributed by atoms with Crippen molar-refractivity contribution in [3.8, 4) is 5.75 Å². The third kappa shape index (κ3) is 3.60. The van der Waals surface area contributed by atoms with E-state index in [0.29, 0.717) is 0 Å². The predicted molar refractivity (Wildman–Crippen MR) is 93.0 cm³/mol. The predicted octanol–water partition coefficient (Wildman–Crippen LogP) is 4.54. The van der Waals surface area contributed by atoms with Crippen LogP contribution in [0.25, 0.3) is 11.0 Å². The van der Waals surface area contributed by atoms with Gasteiger partial charge in [0.25, 0.3) is 0 Å². The van der Waals surface area contributed by atoms with Gasteiger partial charge in [-0.2, -0.15) is 0 Å². The lowest BCUT2D eigenvalue weighted by Crippen LogP contribution is -2.06. The van der Waals surface area contributed by atoms with E-state index >= 15 is 0 Å². The van der Waals surface area contributed by atoms with Gasteiger partial charge in [0.15, 0.2) is 0 Å². The van der Waals surface area contributed by atoms with E-state index in [9.17, 15) is 0 Å². The Morgan fingerprint density at radius 2 is 1.86 bits per heavy atom. The van der Waals surface area contributed by atoms with Gasteiger partial charge in [0.05, 0.1) is 17.6 Å². The number of ether oxygens (including phenoxy) is 1. The van der Waals surface area contributed by atoms with E-state index < -0.39 is 0 Å². The minimum atomic E-state index is 0. The van der Waals surface area contributed by atoms with Crippen molar-refractivity contribution < 1.29 is 4.74 Å². The number of rotatable bonds is 5. The number of halogens is 1. The van der Waals surface area contributed by atoms with Gasteiger partial charge in [-0.3, -0.25) is 0 Å². The van der Waals surface area contributed by atoms with Crippen LogP contribution in [0.2, 0.25) is 0 Å². The molecule has 0 saturated heterocycles. The van der Waals surface area contributed by atoms with E-state index in [4.69, 9.17) is 4.74 Å². The van der Waals surface area contributed by atoms with E-state index in [0.717, 1.165) is 36.7 Å². The molecule has 22 heavy (non-hydrogen) atoms. The quantitative estimate of drug-likeness (QED) is 0.646. The number of aromatic nitrogens is 2. The van der Waals surface area contributed by atoms with Crippen LogP contribution in [0.4, 0.5) is 0 Å². The minimum absolute atomic E-state index is 0. The molecular weight excluding hydrogens is 296 g/mol. The van der Waals surface area contributed by atoms with E-state index in [1.807, 2.05) is 18.2 Å². The molecule has 4 heteroatoms. The summed E-state index contributed by atoms with van der Waals surface area (Å²) in [5.74, 6) is 2.01. The Labute approximate surface area is 137 Å². The molecule has 0 radical (unpaired) electrons. The SMILES string of the molecule is Cc1cccc(OCCCn2c(C)nc3ccccc32)c1.Cl. The van der Waals surface area contributed by atoms with Gasteiger partial charge >= 0.3 is 0 Å². The van der Waals surface area contributed by atoms with Crippen molar-refractivity contribution in [1.82, 2.24) is 9.55 Å². The van der Waals surface area contributed by atoms with Crippen molar-refractivity contribution in [2.24, 2.45) is 0 Å². The Balaban J connectivity index is 0.00000176. The van der Waals surface area contributed by atoms with Crippen molar-refractivity contribution in [3.63, 3.8) is 0 Å². The normalized spacial score (nSPS) is 10.5. The van der Waals surface area contributed by atoms with E-state index in [1.54, 1.807) is 0 Å². The maximum absolute atomic E-state index is 5.80. The molecule has 0 saturated carbocycles. The van der Waals surface area contributed by atoms with Crippen LogP contribution >= 0.6 is 12.4 Å². The molecule has 0 amide bonds. The number of nitrogens with zero attached hydrogens (tertiary/aromatic N) is 2. The third-order valence-corrected chi connectivity index (χ3v) is 3.63. The fourth-order valence-corrected chi connectivity index (χ4v) is 2.60. The average molecular weight is 317 g/mol. The monoisotopic (exact) mass is 316 g/mol. The lowest BCUT2D eigenvalue weighted by Gasteiger charge is -2.09. The zero-order chi connectivity index (χ0) is 14.7. The van der Waals surface area contributed by atoms with Crippen LogP contribution in [0.15, 0.2) is 48.5 Å². The van der Waals surface area contributed by atoms with Crippen LogP contribution in [0.5, 0.6) is 5.75 Å². The first-order valence-electron chi connectivity index (χ1n) is 7.35. The molecule has 3 aromatic rings. The largest absolute Gasteiger partial charge is 0.494 e. The maximum atomic E-state index is 5.80. The van der Waals surface area contributed by atoms with Gasteiger partial charge in [-0.15, -0.1) is 12.4 Å². The smallest absolute Gasteiger partial charge is 0.119 e. The van der Waals surface area contributed by atoms with Crippen LogP contribution in [0.3, 0.4) is 0 Å². The second-order valence-electron chi connectivity index (χ2n) is 5.32. The third-order valence-electron chi connectivity index (χ3n) is 3.63. The number of aryl methyl sites for hydroxylation is 3. The van der Waals surface area contributed by atoms with Crippen molar-refractivity contribution >= 4 is 23.4 Å². The van der Waals surface area contributed by atoms with Crippen LogP contribution < -0.4 is 4.74 Å². The fraction of sp³-hybridized carbons (Fsp3) is 0.278. The molecule has 0 aliphatic rings. The number of benzene rings is 2. The van der Waals surface area contributed by atoms with Gasteiger partial charge in [-0.25, -0.2) is 4.98 Å². The van der Waals surface area contributed by atoms with Crippen LogP contribution in [0.1, 0.15) is 17.8 Å². The molecule has 0 fully saturated rings. The van der Waals surface area contributed by atoms with E-state index in [2.05, 4.69) is 53.7 Å². The highest BCUT2D eigenvalue weighted by atomic mass is 35.5. The molecule has 3 nitrogen and oxygen atoms in total. The molecule has 0 N–H and O–H groups in total. The van der Waals surface area contributed by atoms with Gasteiger partial charge in [0.1, 0.15) is 11.6 Å². The first-order chi connectivity index (χ1) is 10.2. The Bertz CT molecular complexity index is 752. The molecule has 0 atom stereocenters. The Morgan fingerprint density at radius 1 is 1.05 bits per heavy atom. The first kappa shape index (κ1) is 16.4. The summed E-state index contributed by atoms with van der Waals surface area (Å²) in [7, 11) is 0. The summed E-state index contributed by atoms with van der Waals surface area (Å²) < 4.78 is 8.06. The Kier molecular flexibility index (Phi) is 5.45. The molecule has 0 aliphatic carbocycles. The fourth-order valence-electron chi connectivity index (χ4n) is 2.60. The van der Waals surface area contributed by atoms with Gasteiger partial charge in [-0.1, -0.05) is 24.3 Å². The Hall–Kier alpha value is -2.00. The molecule has 3 rings (SSSR count). The molecule has 0 bridgehead atoms. The molecule has 1 heterocycles. The van der Waals surface area contributed by atoms with Gasteiger partial charge in [-0.05, 0) is 50.1 Å². The van der Waals surface area contributed by atoms with E-state index in [1.165, 1.54) is 11.1 Å². The summed E-state index contributed by atoms with van der Waals surface area (Å²) >= 11 is 0. The maximum Gasteiger partial charge on any atom is 0.119 e. The van der Waals surface area contributed by atoms with Crippen molar-refractivity contribution in [1.29, 1.82) is 0 Å². The molecule has 0 aliphatic heterocycles. The average Bonchev–Trinajstić information content (AvgIpc) is 2.79. The summed E-state index contributed by atoms with van der Waals surface area (Å²) in [4.78, 5) is 4.58. The molecule has 0 spiro atoms. The van der Waals surface area contributed by atoms with Crippen molar-refractivity contribution in [2.45, 2.75) is 26.8 Å². The minimum Gasteiger partial charge on any atom is -0.494 e. The standard InChI is InChI=1S/C18H20N2O.ClH/c1-14-7-5-8-16(13-14)21-12-6-11-20-15(2)19-17-9-3-4-10-18(17)20;/h3-5,7-10,13H,6,11-12H2,1-2H3;1H. The number of fused-ring (bicyclic) bond motifs is 1. The number of para-hydroxylation sites is 2. The summed E-state index contributed by atoms with van der Waals surface area (Å²) in [6, 6.07) is 16.4. The van der Waals surface area contributed by atoms with Crippen molar-refractivity contribution in [2.75, 3.05) is 6.61 Å². The highest BCUT2D eigenvalue weighted by molar-refractivity contribution is 5.85. The molecule has 2 aromatic carbocycles. The second kappa shape index (κ2) is 7.32. The summed E-state index contributed by atoms with van der Waals surface area (Å²) in [5.41, 5.74) is 3.49. The van der Waals surface area contributed by atoms with Gasteiger partial charge < -0.3 is 9.30 Å². The van der Waals surface area contributed by atoms with E-state index in [-0.39, 0.29) is 12.4 Å². The van der Waals surface area contributed by atoms with Crippen LogP contribution in [-0.2, 0) is 6.54 Å². The number of hydrogen-bond donors (Lipinski definition) is 0. The zero-order valence-corrected chi connectivity index (χ0v) is 13.8. The number of hydrogen-bond acceptors (Lipinski definition) is 2. The van der Waals surface area contributed by atoms with Crippen molar-refractivity contribution in [3.05, 3.63) is 59.9 Å². The summed E-state index contributed by atoms with van der Waals surface area (Å²) in [6.07, 6.45) is 0.967. The Morgan fingerprint density at radius 3 is 2.68 bits per heavy atom.